The zero-order chi connectivity index (χ0) is 99.9. The molecule has 0 radical (unpaired) electrons. The Balaban J connectivity index is 0.973. The Labute approximate surface area is 764 Å². The second-order valence-corrected chi connectivity index (χ2v) is 34.0. The Hall–Kier alpha value is -5.55. The highest BCUT2D eigenvalue weighted by Gasteiger charge is 2.63. The van der Waals surface area contributed by atoms with Crippen molar-refractivity contribution < 1.29 is 267 Å². The number of carbonyl (C=O) groups excluding carboxylic acids is 6. The Morgan fingerprint density at radius 3 is 1.16 bits per heavy atom. The van der Waals surface area contributed by atoms with Gasteiger partial charge in [0.1, 0.15) is 238 Å². The number of aliphatic hydroxyl groups is 27. The molecule has 10 rings (SSSR count). The smallest absolute Gasteiger partial charge is 0.364 e. The van der Waals surface area contributed by atoms with Gasteiger partial charge in [0, 0.05) is 41.0 Å². The van der Waals surface area contributed by atoms with E-state index in [0.29, 0.717) is 0 Å². The zero-order valence-corrected chi connectivity index (χ0v) is 72.8. The van der Waals surface area contributed by atoms with E-state index in [1.165, 1.54) is 6.92 Å². The average Bonchev–Trinajstić information content (AvgIpc) is 0.741. The SMILES string of the molecule is CC(=O)N[C@@H]1[C@@H](O)[C@H](O[C@@H]2O[C@H](CO)[C@@H](O[C@@H]3O[C@H](CO[C@H]4O[C@H](CO)[C@@H](O)[C@H](O)[C@@H]4O[C@@H]4O[C@H](CO)[C@@H](O)[C@H](O)[C@H]4NC(C)=O)[C@@H](O)[C@H](O[C@H]4O[C@H](CO)[C@@H](O)[C@H](O)[C@@H]4O[C@@H]4O[C@H](CO)[C@@H](O[C@@H]5O[C@H](CO[C@]6(C(=O)O)C[C@H](O)[C@@H](NC(=O)CO)[C@H]([C@H](O)[C@H](O)CO)O6)[C@H](O)[C@H](O)[C@H]5NC(C)=O)[C@H](O)[C@H]4NC(C)=O)[C@@H]3O)[C@H](O)[C@H]2NC(C)=O)[C@@H](CO[C@@H]2O[C@@H](C)[C@@H](O)[C@@H](O)[C@@H]2O)O[C@H]1O. The molecule has 10 saturated heterocycles. The van der Waals surface area contributed by atoms with Crippen molar-refractivity contribution in [1.82, 2.24) is 31.9 Å². The van der Waals surface area contributed by atoms with Crippen LogP contribution in [0, 0.1) is 0 Å². The molecule has 10 heterocycles. The first kappa shape index (κ1) is 111. The number of carboxylic acids is 1. The van der Waals surface area contributed by atoms with Crippen LogP contribution >= 0.6 is 0 Å². The van der Waals surface area contributed by atoms with Gasteiger partial charge in [0.05, 0.1) is 77.7 Å². The predicted molar refractivity (Wildman–Crippen MR) is 416 cm³/mol. The van der Waals surface area contributed by atoms with Gasteiger partial charge in [0.15, 0.2) is 56.6 Å². The van der Waals surface area contributed by atoms with Crippen LogP contribution in [0.5, 0.6) is 0 Å². The zero-order valence-electron chi connectivity index (χ0n) is 72.8. The molecule has 10 fully saturated rings. The number of aliphatic hydroxyl groups excluding tert-OH is 27. The van der Waals surface area contributed by atoms with Crippen molar-refractivity contribution in [3.8, 4) is 0 Å². The lowest BCUT2D eigenvalue weighted by Crippen LogP contribution is -2.71. The number of carbonyl (C=O) groups is 7. The molecule has 60 nitrogen and oxygen atoms in total. The lowest BCUT2D eigenvalue weighted by Gasteiger charge is -2.51. The summed E-state index contributed by atoms with van der Waals surface area (Å²) in [4.78, 5) is 90.1. The fourth-order valence-electron chi connectivity index (χ4n) is 17.2. The molecule has 0 spiro atoms. The van der Waals surface area contributed by atoms with Crippen molar-refractivity contribution in [2.24, 2.45) is 0 Å². The molecule has 0 aliphatic carbocycles. The van der Waals surface area contributed by atoms with Crippen molar-refractivity contribution in [3.05, 3.63) is 0 Å². The van der Waals surface area contributed by atoms with Crippen LogP contribution < -0.4 is 31.9 Å². The topological polar surface area (TPSA) is 933 Å². The standard InChI is InChI=1S/C75H124N6O54/c1-18-41(97)53(109)56(112)70(120-18)117-16-33-60(50(106)36(65(114)121-33)76-19(2)89)130-68-39(79-22(5)92)52(108)59(30(13-87)125-68)131-71-57(113)62(47(103)31(128-71)15-118-72-63(54(110)44(100)27(10-84)123-72)133-66-37(77-20(3)90)48(104)43(99)26(9-83)122-66)132-73-64(55(111)45(101)28(11-85)124-73)134-69-40(80-23(6)93)51(107)58(29(12-86)126-69)129-67-38(78-21(4)91)49(105)46(102)32(127-67)17-119-75(74(115)116)7-24(94)35(81-34(96)14-88)61(135-75)42(98)25(95)8-82/h18,24-33,35-73,82-88,94-95,97-114H,7-17H2,1-6H3,(H,76,89)(H,77,90)(H,78,91)(H,79,92)(H,80,93)(H,81,96)(H,115,116)/t18-,24-,25+,26+,27+,28+,29+,30+,31+,32+,33+,35+,36+,37+,38+,39+,40+,41+,42+,43+,44+,45+,46-,47+,48+,49+,50+,51+,52+,53+,54-,55-,56-,57-,58+,59+,60+,61+,62-,63-,64-,65+,66-,67-,68-,69-,70+,71-,72-,73+,75+/m0/s1. The average molecular weight is 1970 g/mol. The van der Waals surface area contributed by atoms with Gasteiger partial charge in [0.2, 0.25) is 35.4 Å². The van der Waals surface area contributed by atoms with Crippen LogP contribution in [0.2, 0.25) is 0 Å². The van der Waals surface area contributed by atoms with Crippen molar-refractivity contribution in [2.75, 3.05) is 66.1 Å². The highest BCUT2D eigenvalue weighted by atomic mass is 16.8. The molecular formula is C75H124N6O54. The van der Waals surface area contributed by atoms with Crippen molar-refractivity contribution in [3.63, 3.8) is 0 Å². The summed E-state index contributed by atoms with van der Waals surface area (Å²) in [6, 6.07) is -11.6. The minimum absolute atomic E-state index is 0.857. The van der Waals surface area contributed by atoms with Crippen molar-refractivity contribution in [1.29, 1.82) is 0 Å². The molecule has 0 aromatic rings. The number of nitrogens with one attached hydrogen (secondary N) is 6. The molecule has 0 aromatic heterocycles. The number of hydrogen-bond acceptors (Lipinski definition) is 53. The van der Waals surface area contributed by atoms with E-state index in [4.69, 9.17) is 90.0 Å². The monoisotopic (exact) mass is 1970 g/mol. The van der Waals surface area contributed by atoms with Gasteiger partial charge >= 0.3 is 5.97 Å². The minimum atomic E-state index is -3.19. The normalized spacial score (nSPS) is 46.4. The number of ether oxygens (including phenoxy) is 19. The lowest BCUT2D eigenvalue weighted by molar-refractivity contribution is -0.398. The largest absolute Gasteiger partial charge is 0.477 e. The molecule has 34 N–H and O–H groups in total. The van der Waals surface area contributed by atoms with Crippen molar-refractivity contribution in [2.45, 2.75) is 360 Å². The second-order valence-electron chi connectivity index (χ2n) is 34.0. The third kappa shape index (κ3) is 25.4. The van der Waals surface area contributed by atoms with Crippen LogP contribution in [0.3, 0.4) is 0 Å². The fourth-order valence-corrected chi connectivity index (χ4v) is 17.2. The van der Waals surface area contributed by atoms with E-state index >= 15 is 0 Å². The Morgan fingerprint density at radius 2 is 0.696 bits per heavy atom. The lowest BCUT2D eigenvalue weighted by atomic mass is 9.88. The van der Waals surface area contributed by atoms with E-state index in [9.17, 15) is 177 Å². The molecule has 60 heteroatoms. The maximum Gasteiger partial charge on any atom is 0.364 e. The van der Waals surface area contributed by atoms with E-state index in [2.05, 4.69) is 31.9 Å². The summed E-state index contributed by atoms with van der Waals surface area (Å²) in [5.74, 6) is -11.3. The first-order valence-electron chi connectivity index (χ1n) is 42.8. The third-order valence-corrected chi connectivity index (χ3v) is 24.3. The van der Waals surface area contributed by atoms with Crippen molar-refractivity contribution >= 4 is 41.4 Å². The van der Waals surface area contributed by atoms with Gasteiger partial charge in [-0.05, 0) is 6.92 Å². The van der Waals surface area contributed by atoms with Crippen LogP contribution in [-0.2, 0) is 124 Å². The summed E-state index contributed by atoms with van der Waals surface area (Å²) in [5.41, 5.74) is 0. The Morgan fingerprint density at radius 1 is 0.333 bits per heavy atom. The van der Waals surface area contributed by atoms with Gasteiger partial charge in [-0.15, -0.1) is 0 Å². The predicted octanol–water partition coefficient (Wildman–Crippen LogP) is -22.7. The number of aliphatic carboxylic acids is 1. The molecule has 0 saturated carbocycles. The van der Waals surface area contributed by atoms with Gasteiger partial charge in [-0.25, -0.2) is 4.79 Å². The fraction of sp³-hybridized carbons (Fsp3) is 0.907. The van der Waals surface area contributed by atoms with E-state index < -0.39 is 426 Å². The molecule has 51 atom stereocenters. The van der Waals surface area contributed by atoms with Crippen LogP contribution in [0.15, 0.2) is 0 Å². The molecule has 10 aliphatic rings. The maximum atomic E-state index is 13.4. The van der Waals surface area contributed by atoms with Gasteiger partial charge in [0.25, 0.3) is 5.79 Å². The Bertz CT molecular complexity index is 3820. The Kier molecular flexibility index (Phi) is 40.0. The molecule has 10 aliphatic heterocycles. The van der Waals surface area contributed by atoms with Gasteiger partial charge in [-0.1, -0.05) is 0 Å². The first-order valence-corrected chi connectivity index (χ1v) is 42.8. The summed E-state index contributed by atoms with van der Waals surface area (Å²) in [5, 5.41) is 328. The first-order chi connectivity index (χ1) is 63.6. The number of amides is 6. The maximum absolute atomic E-state index is 13.4. The summed E-state index contributed by atoms with van der Waals surface area (Å²) in [6.07, 6.45) is -95.9. The van der Waals surface area contributed by atoms with E-state index in [-0.39, 0.29) is 0 Å². The third-order valence-electron chi connectivity index (χ3n) is 24.3. The molecular weight excluding hydrogens is 1850 g/mol. The number of rotatable bonds is 37. The second kappa shape index (κ2) is 48.5. The van der Waals surface area contributed by atoms with Gasteiger partial charge in [-0.2, -0.15) is 0 Å². The molecule has 6 amide bonds. The molecule has 135 heavy (non-hydrogen) atoms. The van der Waals surface area contributed by atoms with E-state index in [1.54, 1.807) is 0 Å². The summed E-state index contributed by atoms with van der Waals surface area (Å²) >= 11 is 0. The molecule has 0 unspecified atom stereocenters. The highest BCUT2D eigenvalue weighted by Crippen LogP contribution is 2.42. The van der Waals surface area contributed by atoms with Crippen LogP contribution in [-0.4, -0.2) is 563 Å². The van der Waals surface area contributed by atoms with Gasteiger partial charge in [-0.3, -0.25) is 28.8 Å². The summed E-state index contributed by atoms with van der Waals surface area (Å²) < 4.78 is 114. The van der Waals surface area contributed by atoms with Crippen LogP contribution in [0.25, 0.3) is 0 Å². The number of hydrogen-bond donors (Lipinski definition) is 34. The molecule has 778 valence electrons. The summed E-state index contributed by atoms with van der Waals surface area (Å²) in [7, 11) is 0. The van der Waals surface area contributed by atoms with Gasteiger partial charge < -0.3 is 265 Å². The van der Waals surface area contributed by atoms with E-state index in [1.807, 2.05) is 0 Å². The van der Waals surface area contributed by atoms with Crippen LogP contribution in [0.1, 0.15) is 48.0 Å². The number of carboxylic acid groups (broad SMARTS) is 1. The minimum Gasteiger partial charge on any atom is -0.477 e. The molecule has 0 bridgehead atoms. The summed E-state index contributed by atoms with van der Waals surface area (Å²) in [6.45, 7) is -5.95. The van der Waals surface area contributed by atoms with E-state index in [0.717, 1.165) is 34.6 Å². The quantitative estimate of drug-likeness (QED) is 0.0275. The van der Waals surface area contributed by atoms with Crippen LogP contribution in [0.4, 0.5) is 0 Å². The molecule has 0 aromatic carbocycles. The highest BCUT2D eigenvalue weighted by molar-refractivity contribution is 5.78.